The maximum Gasteiger partial charge on any atom is 0.264 e. The van der Waals surface area contributed by atoms with E-state index < -0.39 is 19.8 Å². The number of methoxy groups -OCH3 is 1. The third-order valence-electron chi connectivity index (χ3n) is 15.6. The van der Waals surface area contributed by atoms with Crippen LogP contribution in [0.3, 0.4) is 0 Å². The number of hydrogen-bond donors (Lipinski definition) is 1. The van der Waals surface area contributed by atoms with E-state index in [4.69, 9.17) is 9.47 Å². The van der Waals surface area contributed by atoms with Crippen molar-refractivity contribution < 1.29 is 33.8 Å². The van der Waals surface area contributed by atoms with Gasteiger partial charge in [0, 0.05) is 55.3 Å². The largest absolute Gasteiger partial charge is 0.497 e. The van der Waals surface area contributed by atoms with Crippen LogP contribution in [0.2, 0.25) is 18.6 Å². The van der Waals surface area contributed by atoms with E-state index in [1.807, 2.05) is 86.3 Å². The molecule has 4 aromatic rings. The summed E-state index contributed by atoms with van der Waals surface area (Å²) < 4.78 is 13.1. The van der Waals surface area contributed by atoms with Crippen molar-refractivity contribution in [2.75, 3.05) is 41.5 Å². The minimum absolute atomic E-state index is 0.0472. The van der Waals surface area contributed by atoms with Gasteiger partial charge in [-0.1, -0.05) is 99.4 Å². The highest BCUT2D eigenvalue weighted by atomic mass is 28.3. The first kappa shape index (κ1) is 45.8. The highest BCUT2D eigenvalue weighted by Crippen LogP contribution is 2.61. The van der Waals surface area contributed by atoms with E-state index in [0.29, 0.717) is 38.9 Å². The lowest BCUT2D eigenvalue weighted by Crippen LogP contribution is -2.52. The fourth-order valence-electron chi connectivity index (χ4n) is 12.0. The standard InChI is InChI=1S/C54H66N4O7Si/c1-37-52(66(3,4)45-26-24-44(64-2)25-27-45)48(33-51(62)57-35-40-16-12-11-15-39(40)31-43(57)36-59)65-54(37)46-32-42(56-30-14-8-6-10-18-50(56)61)23-28-47(46)58(53(54)63)34-38-19-21-41(22-20-38)55-29-13-7-5-9-17-49(55)60/h11-12,15-16,19-28,32,37,43,48,52,59H,5-10,13-14,17-18,29-31,33-36H2,1-4H3/t37-,43-,48+,52-,54+/m0/s1. The second-order valence-corrected chi connectivity index (χ2v) is 24.6. The van der Waals surface area contributed by atoms with Crippen molar-refractivity contribution in [1.82, 2.24) is 4.90 Å². The molecular weight excluding hydrogens is 845 g/mol. The van der Waals surface area contributed by atoms with Gasteiger partial charge in [-0.15, -0.1) is 0 Å². The SMILES string of the molecule is COc1ccc([Si](C)(C)[C@@H]2[C@@H](CC(=O)N3Cc4ccccc4C[C@H]3CO)O[C@]3(C(=O)N(Cc4ccc(N5CCCCCCC5=O)cc4)c4ccc(N5CCCCCCC5=O)cc43)[C@H]2C)cc1. The minimum Gasteiger partial charge on any atom is -0.497 e. The molecule has 0 radical (unpaired) electrons. The van der Waals surface area contributed by atoms with Crippen LogP contribution in [-0.2, 0) is 49.0 Å². The first-order valence-electron chi connectivity index (χ1n) is 24.4. The molecular formula is C54H66N4O7Si. The summed E-state index contributed by atoms with van der Waals surface area (Å²) in [5, 5.41) is 11.8. The number of ether oxygens (including phenoxy) is 2. The topological polar surface area (TPSA) is 120 Å². The molecule has 1 spiro atoms. The predicted molar refractivity (Wildman–Crippen MR) is 261 cm³/mol. The van der Waals surface area contributed by atoms with E-state index in [1.165, 1.54) is 5.19 Å². The first-order valence-corrected chi connectivity index (χ1v) is 27.5. The molecule has 0 unspecified atom stereocenters. The molecule has 4 aromatic carbocycles. The van der Waals surface area contributed by atoms with Gasteiger partial charge in [-0.05, 0) is 96.8 Å². The maximum absolute atomic E-state index is 15.9. The fourth-order valence-corrected chi connectivity index (χ4v) is 16.0. The Hall–Kier alpha value is -5.30. The normalized spacial score (nSPS) is 25.0. The van der Waals surface area contributed by atoms with Gasteiger partial charge < -0.3 is 34.2 Å². The van der Waals surface area contributed by atoms with Crippen LogP contribution in [0.15, 0.2) is 91.0 Å². The van der Waals surface area contributed by atoms with E-state index >= 15 is 4.79 Å². The van der Waals surface area contributed by atoms with E-state index in [0.717, 1.165) is 96.4 Å². The van der Waals surface area contributed by atoms with Gasteiger partial charge >= 0.3 is 0 Å². The zero-order chi connectivity index (χ0) is 46.2. The van der Waals surface area contributed by atoms with Gasteiger partial charge in [-0.25, -0.2) is 0 Å². The van der Waals surface area contributed by atoms with Gasteiger partial charge in [0.1, 0.15) is 5.75 Å². The number of carbonyl (C=O) groups is 4. The second kappa shape index (κ2) is 19.1. The smallest absolute Gasteiger partial charge is 0.264 e. The van der Waals surface area contributed by atoms with Crippen LogP contribution in [0.25, 0.3) is 0 Å². The molecule has 3 fully saturated rings. The summed E-state index contributed by atoms with van der Waals surface area (Å²) in [4.78, 5) is 65.2. The molecule has 3 saturated heterocycles. The van der Waals surface area contributed by atoms with Gasteiger partial charge in [0.15, 0.2) is 5.60 Å². The fraction of sp³-hybridized carbons (Fsp3) is 0.481. The van der Waals surface area contributed by atoms with Crippen LogP contribution in [0.5, 0.6) is 5.75 Å². The third-order valence-corrected chi connectivity index (χ3v) is 20.0. The summed E-state index contributed by atoms with van der Waals surface area (Å²) in [6, 6.07) is 30.0. The van der Waals surface area contributed by atoms with Gasteiger partial charge in [0.05, 0.1) is 52.6 Å². The molecule has 1 N–H and O–H groups in total. The molecule has 9 rings (SSSR count). The van der Waals surface area contributed by atoms with Crippen molar-refractivity contribution in [1.29, 1.82) is 0 Å². The van der Waals surface area contributed by atoms with Crippen LogP contribution >= 0.6 is 0 Å². The molecule has 4 amide bonds. The Bertz CT molecular complexity index is 2440. The molecule has 5 atom stereocenters. The van der Waals surface area contributed by atoms with Crippen molar-refractivity contribution >= 4 is 54.0 Å². The van der Waals surface area contributed by atoms with E-state index in [9.17, 15) is 19.5 Å². The van der Waals surface area contributed by atoms with E-state index in [2.05, 4.69) is 44.3 Å². The highest BCUT2D eigenvalue weighted by molar-refractivity contribution is 6.91. The average molecular weight is 911 g/mol. The van der Waals surface area contributed by atoms with E-state index in [1.54, 1.807) is 7.11 Å². The molecule has 348 valence electrons. The quantitative estimate of drug-likeness (QED) is 0.159. The molecule has 0 bridgehead atoms. The number of nitrogens with zero attached hydrogens (tertiary/aromatic N) is 4. The molecule has 5 heterocycles. The third kappa shape index (κ3) is 8.49. The summed E-state index contributed by atoms with van der Waals surface area (Å²) in [7, 11) is -0.963. The lowest BCUT2D eigenvalue weighted by molar-refractivity contribution is -0.151. The molecule has 12 heteroatoms. The van der Waals surface area contributed by atoms with E-state index in [-0.39, 0.29) is 60.7 Å². The summed E-state index contributed by atoms with van der Waals surface area (Å²) in [6.45, 7) is 8.58. The number of amides is 4. The lowest BCUT2D eigenvalue weighted by Gasteiger charge is -2.39. The maximum atomic E-state index is 15.9. The Balaban J connectivity index is 1.12. The van der Waals surface area contributed by atoms with Gasteiger partial charge in [-0.3, -0.25) is 19.2 Å². The van der Waals surface area contributed by atoms with Crippen LogP contribution in [-0.4, -0.2) is 80.7 Å². The Morgan fingerprint density at radius 2 is 1.41 bits per heavy atom. The first-order chi connectivity index (χ1) is 31.9. The molecule has 66 heavy (non-hydrogen) atoms. The second-order valence-electron chi connectivity index (χ2n) is 19.9. The minimum atomic E-state index is -2.62. The van der Waals surface area contributed by atoms with Crippen molar-refractivity contribution in [3.05, 3.63) is 113 Å². The summed E-state index contributed by atoms with van der Waals surface area (Å²) >= 11 is 0. The summed E-state index contributed by atoms with van der Waals surface area (Å²) in [5.41, 5.74) is 4.57. The van der Waals surface area contributed by atoms with Crippen molar-refractivity contribution in [3.8, 4) is 5.75 Å². The zero-order valence-corrected chi connectivity index (χ0v) is 40.2. The number of benzene rings is 4. The monoisotopic (exact) mass is 910 g/mol. The molecule has 0 aromatic heterocycles. The Labute approximate surface area is 391 Å². The number of aliphatic hydroxyl groups excluding tert-OH is 1. The van der Waals surface area contributed by atoms with Crippen LogP contribution in [0.1, 0.15) is 99.8 Å². The highest BCUT2D eigenvalue weighted by Gasteiger charge is 2.66. The summed E-state index contributed by atoms with van der Waals surface area (Å²) in [5.74, 6) is 0.332. The number of fused-ring (bicyclic) bond motifs is 3. The van der Waals surface area contributed by atoms with Crippen LogP contribution < -0.4 is 24.6 Å². The predicted octanol–water partition coefficient (Wildman–Crippen LogP) is 8.39. The lowest BCUT2D eigenvalue weighted by atomic mass is 9.82. The molecule has 11 nitrogen and oxygen atoms in total. The number of anilines is 3. The number of carbonyl (C=O) groups excluding carboxylic acids is 4. The van der Waals surface area contributed by atoms with Crippen LogP contribution in [0.4, 0.5) is 17.1 Å². The molecule has 5 aliphatic heterocycles. The Morgan fingerprint density at radius 3 is 2.06 bits per heavy atom. The van der Waals surface area contributed by atoms with Crippen LogP contribution in [0, 0.1) is 5.92 Å². The van der Waals surface area contributed by atoms with Crippen molar-refractivity contribution in [2.24, 2.45) is 5.92 Å². The number of hydrogen-bond acceptors (Lipinski definition) is 7. The molecule has 5 aliphatic rings. The van der Waals surface area contributed by atoms with Gasteiger partial charge in [0.25, 0.3) is 5.91 Å². The van der Waals surface area contributed by atoms with Crippen molar-refractivity contribution in [3.63, 3.8) is 0 Å². The zero-order valence-electron chi connectivity index (χ0n) is 39.2. The number of aliphatic hydroxyl groups is 1. The Kier molecular flexibility index (Phi) is 13.3. The molecule has 0 saturated carbocycles. The van der Waals surface area contributed by atoms with Crippen molar-refractivity contribution in [2.45, 2.75) is 133 Å². The number of rotatable bonds is 10. The average Bonchev–Trinajstić information content (AvgIpc) is 3.74. The van der Waals surface area contributed by atoms with Gasteiger partial charge in [-0.2, -0.15) is 0 Å². The van der Waals surface area contributed by atoms with Gasteiger partial charge in [0.2, 0.25) is 17.7 Å². The summed E-state index contributed by atoms with van der Waals surface area (Å²) in [6.07, 6.45) is 8.91. The Morgan fingerprint density at radius 1 is 0.788 bits per heavy atom. The molecule has 0 aliphatic carbocycles.